The van der Waals surface area contributed by atoms with Gasteiger partial charge in [0.05, 0.1) is 13.2 Å². The highest BCUT2D eigenvalue weighted by molar-refractivity contribution is 6.27. The summed E-state index contributed by atoms with van der Waals surface area (Å²) in [4.78, 5) is 28.5. The molecule has 2 amide bonds. The van der Waals surface area contributed by atoms with Gasteiger partial charge in [0.15, 0.2) is 11.5 Å². The van der Waals surface area contributed by atoms with Crippen molar-refractivity contribution < 1.29 is 19.1 Å². The first-order valence-electron chi connectivity index (χ1n) is 12.9. The van der Waals surface area contributed by atoms with Gasteiger partial charge in [0.1, 0.15) is 11.9 Å². The smallest absolute Gasteiger partial charge is 0.247 e. The van der Waals surface area contributed by atoms with E-state index in [1.54, 1.807) is 24.1 Å². The van der Waals surface area contributed by atoms with Gasteiger partial charge in [0.25, 0.3) is 0 Å². The van der Waals surface area contributed by atoms with E-state index in [-0.39, 0.29) is 29.8 Å². The molecule has 1 saturated carbocycles. The molecular formula is C29H39ClN2O4. The number of hydrogen-bond donors (Lipinski definition) is 1. The second kappa shape index (κ2) is 13.5. The highest BCUT2D eigenvalue weighted by Crippen LogP contribution is 2.34. The van der Waals surface area contributed by atoms with Crippen LogP contribution in [0.2, 0.25) is 0 Å². The van der Waals surface area contributed by atoms with Crippen LogP contribution in [0.4, 0.5) is 0 Å². The van der Waals surface area contributed by atoms with Crippen LogP contribution in [-0.2, 0) is 16.0 Å². The number of carbonyl (C=O) groups excluding carboxylic acids is 2. The number of rotatable bonds is 11. The average molecular weight is 515 g/mol. The minimum Gasteiger partial charge on any atom is -0.493 e. The number of halogens is 1. The molecule has 0 aliphatic heterocycles. The molecule has 0 saturated heterocycles. The quantitative estimate of drug-likeness (QED) is 0.400. The Morgan fingerprint density at radius 3 is 2.36 bits per heavy atom. The van der Waals surface area contributed by atoms with Crippen LogP contribution in [0.15, 0.2) is 48.5 Å². The number of carbonyl (C=O) groups is 2. The molecule has 1 aliphatic rings. The maximum atomic E-state index is 13.8. The van der Waals surface area contributed by atoms with E-state index in [2.05, 4.69) is 12.2 Å². The van der Waals surface area contributed by atoms with Gasteiger partial charge in [-0.25, -0.2) is 0 Å². The molecule has 7 heteroatoms. The van der Waals surface area contributed by atoms with Crippen molar-refractivity contribution in [3.8, 4) is 11.5 Å². The standard InChI is InChI=1S/C29H39ClN2O4/c1-20(2)36-25-15-12-23(18-26(25)35-4)28(29(34)31-24-13-10-21(3)11-14-24)32(27(33)19-30)17-16-22-8-6-5-7-9-22/h5-9,12,15,18,20-21,24,28H,10-11,13-14,16-17,19H2,1-4H3,(H,31,34). The molecule has 0 bridgehead atoms. The van der Waals surface area contributed by atoms with Crippen molar-refractivity contribution in [2.45, 2.75) is 71.1 Å². The Balaban J connectivity index is 1.95. The normalized spacial score (nSPS) is 18.4. The lowest BCUT2D eigenvalue weighted by atomic mass is 9.87. The van der Waals surface area contributed by atoms with Crippen LogP contribution in [0.3, 0.4) is 0 Å². The zero-order chi connectivity index (χ0) is 26.1. The lowest BCUT2D eigenvalue weighted by molar-refractivity contribution is -0.139. The minimum absolute atomic E-state index is 0.0299. The Hall–Kier alpha value is -2.73. The summed E-state index contributed by atoms with van der Waals surface area (Å²) in [5.41, 5.74) is 1.75. The molecule has 3 rings (SSSR count). The summed E-state index contributed by atoms with van der Waals surface area (Å²) in [6, 6.07) is 14.6. The molecule has 2 aromatic carbocycles. The van der Waals surface area contributed by atoms with Crippen molar-refractivity contribution in [1.29, 1.82) is 0 Å². The van der Waals surface area contributed by atoms with Gasteiger partial charge < -0.3 is 19.7 Å². The van der Waals surface area contributed by atoms with Gasteiger partial charge in [0.2, 0.25) is 11.8 Å². The van der Waals surface area contributed by atoms with Crippen LogP contribution >= 0.6 is 11.6 Å². The second-order valence-corrected chi connectivity index (χ2v) is 10.2. The highest BCUT2D eigenvalue weighted by atomic mass is 35.5. The summed E-state index contributed by atoms with van der Waals surface area (Å²) in [6.07, 6.45) is 4.64. The molecule has 1 fully saturated rings. The second-order valence-electron chi connectivity index (χ2n) is 9.90. The number of methoxy groups -OCH3 is 1. The van der Waals surface area contributed by atoms with Crippen LogP contribution in [0.5, 0.6) is 11.5 Å². The zero-order valence-corrected chi connectivity index (χ0v) is 22.6. The van der Waals surface area contributed by atoms with Gasteiger partial charge >= 0.3 is 0 Å². The van der Waals surface area contributed by atoms with E-state index in [4.69, 9.17) is 21.1 Å². The average Bonchev–Trinajstić information content (AvgIpc) is 2.88. The Morgan fingerprint density at radius 2 is 1.75 bits per heavy atom. The van der Waals surface area contributed by atoms with E-state index < -0.39 is 6.04 Å². The first-order chi connectivity index (χ1) is 17.3. The molecule has 196 valence electrons. The molecule has 36 heavy (non-hydrogen) atoms. The SMILES string of the molecule is COc1cc(C(C(=O)NC2CCC(C)CC2)N(CCc2ccccc2)C(=O)CCl)ccc1OC(C)C. The van der Waals surface area contributed by atoms with Gasteiger partial charge in [-0.2, -0.15) is 0 Å². The van der Waals surface area contributed by atoms with Crippen molar-refractivity contribution in [2.75, 3.05) is 19.5 Å². The number of nitrogens with zero attached hydrogens (tertiary/aromatic N) is 1. The van der Waals surface area contributed by atoms with Crippen LogP contribution in [0, 0.1) is 5.92 Å². The molecular weight excluding hydrogens is 476 g/mol. The first-order valence-corrected chi connectivity index (χ1v) is 13.4. The van der Waals surface area contributed by atoms with Crippen molar-refractivity contribution in [3.05, 3.63) is 59.7 Å². The summed E-state index contributed by atoms with van der Waals surface area (Å²) in [5.74, 6) is 1.10. The molecule has 0 radical (unpaired) electrons. The van der Waals surface area contributed by atoms with Crippen LogP contribution in [-0.4, -0.2) is 48.4 Å². The third-order valence-corrected chi connectivity index (χ3v) is 6.94. The van der Waals surface area contributed by atoms with Crippen molar-refractivity contribution in [1.82, 2.24) is 10.2 Å². The van der Waals surface area contributed by atoms with E-state index in [1.807, 2.05) is 50.2 Å². The maximum absolute atomic E-state index is 13.8. The van der Waals surface area contributed by atoms with Crippen LogP contribution in [0.25, 0.3) is 0 Å². The van der Waals surface area contributed by atoms with E-state index in [9.17, 15) is 9.59 Å². The molecule has 6 nitrogen and oxygen atoms in total. The predicted molar refractivity (Wildman–Crippen MR) is 144 cm³/mol. The number of benzene rings is 2. The number of ether oxygens (including phenoxy) is 2. The van der Waals surface area contributed by atoms with Crippen molar-refractivity contribution >= 4 is 23.4 Å². The van der Waals surface area contributed by atoms with Gasteiger partial charge in [-0.15, -0.1) is 11.6 Å². The summed E-state index contributed by atoms with van der Waals surface area (Å²) < 4.78 is 11.5. The molecule has 0 aromatic heterocycles. The Bertz CT molecular complexity index is 990. The molecule has 2 aromatic rings. The summed E-state index contributed by atoms with van der Waals surface area (Å²) in [6.45, 7) is 6.50. The van der Waals surface area contributed by atoms with Gasteiger partial charge in [0, 0.05) is 12.6 Å². The molecule has 0 heterocycles. The van der Waals surface area contributed by atoms with Gasteiger partial charge in [-0.05, 0) is 75.1 Å². The molecule has 1 aliphatic carbocycles. The largest absolute Gasteiger partial charge is 0.493 e. The number of alkyl halides is 1. The van der Waals surface area contributed by atoms with Crippen molar-refractivity contribution in [2.24, 2.45) is 5.92 Å². The molecule has 1 N–H and O–H groups in total. The minimum atomic E-state index is -0.832. The van der Waals surface area contributed by atoms with E-state index in [0.717, 1.165) is 31.2 Å². The fourth-order valence-electron chi connectivity index (χ4n) is 4.73. The van der Waals surface area contributed by atoms with Crippen LogP contribution in [0.1, 0.15) is 63.6 Å². The summed E-state index contributed by atoms with van der Waals surface area (Å²) in [7, 11) is 1.57. The number of nitrogens with one attached hydrogen (secondary N) is 1. The van der Waals surface area contributed by atoms with E-state index in [0.29, 0.717) is 35.9 Å². The van der Waals surface area contributed by atoms with Gasteiger partial charge in [-0.1, -0.05) is 43.3 Å². The fraction of sp³-hybridized carbons (Fsp3) is 0.517. The lowest BCUT2D eigenvalue weighted by Crippen LogP contribution is -2.48. The highest BCUT2D eigenvalue weighted by Gasteiger charge is 2.33. The summed E-state index contributed by atoms with van der Waals surface area (Å²) >= 11 is 6.05. The fourth-order valence-corrected chi connectivity index (χ4v) is 4.89. The maximum Gasteiger partial charge on any atom is 0.247 e. The summed E-state index contributed by atoms with van der Waals surface area (Å²) in [5, 5.41) is 3.23. The molecule has 1 unspecified atom stereocenters. The predicted octanol–water partition coefficient (Wildman–Crippen LogP) is 5.53. The third kappa shape index (κ3) is 7.63. The number of amides is 2. The Labute approximate surface area is 220 Å². The molecule has 0 spiro atoms. The topological polar surface area (TPSA) is 67.9 Å². The first kappa shape index (κ1) is 27.9. The lowest BCUT2D eigenvalue weighted by Gasteiger charge is -2.34. The number of hydrogen-bond acceptors (Lipinski definition) is 4. The zero-order valence-electron chi connectivity index (χ0n) is 21.8. The van der Waals surface area contributed by atoms with E-state index >= 15 is 0 Å². The van der Waals surface area contributed by atoms with Crippen LogP contribution < -0.4 is 14.8 Å². The van der Waals surface area contributed by atoms with Gasteiger partial charge in [-0.3, -0.25) is 9.59 Å². The Morgan fingerprint density at radius 1 is 1.06 bits per heavy atom. The van der Waals surface area contributed by atoms with Crippen molar-refractivity contribution in [3.63, 3.8) is 0 Å². The van der Waals surface area contributed by atoms with E-state index in [1.165, 1.54) is 0 Å². The third-order valence-electron chi connectivity index (χ3n) is 6.71. The molecule has 1 atom stereocenters. The Kier molecular flexibility index (Phi) is 10.5. The monoisotopic (exact) mass is 514 g/mol.